The summed E-state index contributed by atoms with van der Waals surface area (Å²) in [5, 5.41) is 0. The van der Waals surface area contributed by atoms with Gasteiger partial charge in [0.1, 0.15) is 0 Å². The smallest absolute Gasteiger partial charge is 0.243 e. The Labute approximate surface area is 167 Å². The van der Waals surface area contributed by atoms with Crippen LogP contribution in [0.5, 0.6) is 0 Å². The summed E-state index contributed by atoms with van der Waals surface area (Å²) in [5.74, 6) is 0.361. The number of pyridine rings is 1. The third-order valence-electron chi connectivity index (χ3n) is 4.74. The molecule has 5 heteroatoms. The van der Waals surface area contributed by atoms with Crippen molar-refractivity contribution in [2.45, 2.75) is 37.6 Å². The van der Waals surface area contributed by atoms with E-state index in [0.717, 1.165) is 16.8 Å². The highest BCUT2D eigenvalue weighted by Gasteiger charge is 2.25. The zero-order chi connectivity index (χ0) is 20.0. The van der Waals surface area contributed by atoms with Crippen molar-refractivity contribution < 1.29 is 8.42 Å². The summed E-state index contributed by atoms with van der Waals surface area (Å²) in [4.78, 5) is 4.63. The highest BCUT2D eigenvalue weighted by molar-refractivity contribution is 7.89. The zero-order valence-corrected chi connectivity index (χ0v) is 17.1. The number of nitrogens with zero attached hydrogens (tertiary/aromatic N) is 2. The van der Waals surface area contributed by atoms with Gasteiger partial charge < -0.3 is 0 Å². The van der Waals surface area contributed by atoms with Crippen LogP contribution in [0.2, 0.25) is 0 Å². The number of hydrogen-bond donors (Lipinski definition) is 0. The highest BCUT2D eigenvalue weighted by Crippen LogP contribution is 2.22. The van der Waals surface area contributed by atoms with E-state index < -0.39 is 10.0 Å². The monoisotopic (exact) mass is 394 g/mol. The van der Waals surface area contributed by atoms with Crippen LogP contribution in [0.15, 0.2) is 83.9 Å². The Balaban J connectivity index is 1.87. The molecule has 0 fully saturated rings. The Kier molecular flexibility index (Phi) is 6.60. The number of sulfonamides is 1. The average Bonchev–Trinajstić information content (AvgIpc) is 2.72. The van der Waals surface area contributed by atoms with Gasteiger partial charge in [-0.15, -0.1) is 0 Å². The number of rotatable bonds is 8. The second-order valence-electron chi connectivity index (χ2n) is 7.12. The Morgan fingerprint density at radius 3 is 2.18 bits per heavy atom. The first-order chi connectivity index (χ1) is 13.5. The lowest BCUT2D eigenvalue weighted by Gasteiger charge is -2.22. The van der Waals surface area contributed by atoms with Gasteiger partial charge in [0.05, 0.1) is 17.1 Å². The maximum Gasteiger partial charge on any atom is 0.243 e. The summed E-state index contributed by atoms with van der Waals surface area (Å²) in [6, 6.07) is 22.7. The molecule has 0 aliphatic heterocycles. The molecule has 0 atom stereocenters. The maximum atomic E-state index is 13.3. The SMILES string of the molecule is CC(C)c1ccc(S(=O)(=O)N(CCc2ccccc2)Cc2ccccn2)cc1. The van der Waals surface area contributed by atoms with Crippen molar-refractivity contribution in [3.63, 3.8) is 0 Å². The van der Waals surface area contributed by atoms with Crippen LogP contribution in [0.3, 0.4) is 0 Å². The highest BCUT2D eigenvalue weighted by atomic mass is 32.2. The molecule has 4 nitrogen and oxygen atoms in total. The summed E-state index contributed by atoms with van der Waals surface area (Å²) in [6.45, 7) is 4.84. The minimum atomic E-state index is -3.62. The van der Waals surface area contributed by atoms with Gasteiger partial charge in [0.2, 0.25) is 10.0 Å². The van der Waals surface area contributed by atoms with Crippen molar-refractivity contribution in [2.24, 2.45) is 0 Å². The summed E-state index contributed by atoms with van der Waals surface area (Å²) in [7, 11) is -3.62. The molecular weight excluding hydrogens is 368 g/mol. The molecule has 1 aromatic heterocycles. The quantitative estimate of drug-likeness (QED) is 0.559. The molecule has 0 spiro atoms. The first kappa shape index (κ1) is 20.2. The van der Waals surface area contributed by atoms with Gasteiger partial charge in [-0.05, 0) is 47.7 Å². The fraction of sp³-hybridized carbons (Fsp3) is 0.261. The summed E-state index contributed by atoms with van der Waals surface area (Å²) >= 11 is 0. The largest absolute Gasteiger partial charge is 0.260 e. The molecule has 0 bridgehead atoms. The second-order valence-corrected chi connectivity index (χ2v) is 9.06. The molecule has 0 N–H and O–H groups in total. The van der Waals surface area contributed by atoms with E-state index >= 15 is 0 Å². The van der Waals surface area contributed by atoms with Crippen molar-refractivity contribution in [3.05, 3.63) is 95.8 Å². The van der Waals surface area contributed by atoms with E-state index in [9.17, 15) is 8.42 Å². The first-order valence-corrected chi connectivity index (χ1v) is 10.9. The van der Waals surface area contributed by atoms with E-state index in [1.807, 2.05) is 60.7 Å². The first-order valence-electron chi connectivity index (χ1n) is 9.51. The fourth-order valence-electron chi connectivity index (χ4n) is 3.03. The molecule has 1 heterocycles. The lowest BCUT2D eigenvalue weighted by molar-refractivity contribution is 0.405. The Morgan fingerprint density at radius 1 is 0.893 bits per heavy atom. The van der Waals surface area contributed by atoms with Crippen molar-refractivity contribution in [3.8, 4) is 0 Å². The summed E-state index contributed by atoms with van der Waals surface area (Å²) in [5.41, 5.74) is 2.97. The molecule has 0 unspecified atom stereocenters. The third kappa shape index (κ3) is 5.06. The van der Waals surface area contributed by atoms with E-state index in [4.69, 9.17) is 0 Å². The molecule has 28 heavy (non-hydrogen) atoms. The van der Waals surface area contributed by atoms with Crippen LogP contribution >= 0.6 is 0 Å². The molecule has 0 saturated heterocycles. The van der Waals surface area contributed by atoms with Gasteiger partial charge in [0, 0.05) is 12.7 Å². The second kappa shape index (κ2) is 9.13. The van der Waals surface area contributed by atoms with Crippen LogP contribution in [0.4, 0.5) is 0 Å². The van der Waals surface area contributed by atoms with Crippen LogP contribution in [0, 0.1) is 0 Å². The molecule has 0 radical (unpaired) electrons. The topological polar surface area (TPSA) is 50.3 Å². The molecule has 3 aromatic rings. The lowest BCUT2D eigenvalue weighted by atomic mass is 10.0. The van der Waals surface area contributed by atoms with E-state index in [0.29, 0.717) is 23.8 Å². The summed E-state index contributed by atoms with van der Waals surface area (Å²) in [6.07, 6.45) is 2.34. The minimum absolute atomic E-state index is 0.252. The van der Waals surface area contributed by atoms with E-state index in [1.165, 1.54) is 4.31 Å². The van der Waals surface area contributed by atoms with Gasteiger partial charge in [-0.3, -0.25) is 4.98 Å². The molecular formula is C23H26N2O2S. The van der Waals surface area contributed by atoms with Gasteiger partial charge in [-0.25, -0.2) is 8.42 Å². The van der Waals surface area contributed by atoms with Gasteiger partial charge in [-0.1, -0.05) is 62.4 Å². The Morgan fingerprint density at radius 2 is 1.57 bits per heavy atom. The van der Waals surface area contributed by atoms with E-state index in [1.54, 1.807) is 18.3 Å². The fourth-order valence-corrected chi connectivity index (χ4v) is 4.44. The summed E-state index contributed by atoms with van der Waals surface area (Å²) < 4.78 is 28.2. The maximum absolute atomic E-state index is 13.3. The van der Waals surface area contributed by atoms with E-state index in [2.05, 4.69) is 18.8 Å². The molecule has 0 aliphatic rings. The van der Waals surface area contributed by atoms with E-state index in [-0.39, 0.29) is 6.54 Å². The van der Waals surface area contributed by atoms with Crippen molar-refractivity contribution in [2.75, 3.05) is 6.54 Å². The predicted molar refractivity (Wildman–Crippen MR) is 113 cm³/mol. The standard InChI is InChI=1S/C23H26N2O2S/c1-19(2)21-11-13-23(14-12-21)28(26,27)25(18-22-10-6-7-16-24-22)17-15-20-8-4-3-5-9-20/h3-14,16,19H,15,17-18H2,1-2H3. The molecule has 0 amide bonds. The molecule has 2 aromatic carbocycles. The van der Waals surface area contributed by atoms with Gasteiger partial charge >= 0.3 is 0 Å². The number of benzene rings is 2. The molecule has 0 saturated carbocycles. The lowest BCUT2D eigenvalue weighted by Crippen LogP contribution is -2.33. The minimum Gasteiger partial charge on any atom is -0.260 e. The number of aromatic nitrogens is 1. The van der Waals surface area contributed by atoms with Crippen LogP contribution in [-0.4, -0.2) is 24.3 Å². The van der Waals surface area contributed by atoms with Crippen molar-refractivity contribution in [1.82, 2.24) is 9.29 Å². The van der Waals surface area contributed by atoms with Crippen molar-refractivity contribution >= 4 is 10.0 Å². The number of hydrogen-bond acceptors (Lipinski definition) is 3. The van der Waals surface area contributed by atoms with Crippen molar-refractivity contribution in [1.29, 1.82) is 0 Å². The Hall–Kier alpha value is -2.50. The van der Waals surface area contributed by atoms with Gasteiger partial charge in [0.25, 0.3) is 0 Å². The molecule has 3 rings (SSSR count). The molecule has 146 valence electrons. The predicted octanol–water partition coefficient (Wildman–Crippen LogP) is 4.64. The Bertz CT molecular complexity index is 970. The van der Waals surface area contributed by atoms with Gasteiger partial charge in [0.15, 0.2) is 0 Å². The third-order valence-corrected chi connectivity index (χ3v) is 6.60. The van der Waals surface area contributed by atoms with Crippen LogP contribution in [-0.2, 0) is 23.0 Å². The van der Waals surface area contributed by atoms with Gasteiger partial charge in [-0.2, -0.15) is 4.31 Å². The van der Waals surface area contributed by atoms with Crippen LogP contribution in [0.25, 0.3) is 0 Å². The van der Waals surface area contributed by atoms with Crippen LogP contribution < -0.4 is 0 Å². The normalized spacial score (nSPS) is 11.9. The average molecular weight is 395 g/mol. The molecule has 0 aliphatic carbocycles. The zero-order valence-electron chi connectivity index (χ0n) is 16.3. The van der Waals surface area contributed by atoms with Crippen LogP contribution in [0.1, 0.15) is 36.6 Å².